The van der Waals surface area contributed by atoms with Gasteiger partial charge in [-0.05, 0) is 38.3 Å². The molecule has 0 amide bonds. The molecule has 0 saturated carbocycles. The molecule has 1 saturated heterocycles. The fourth-order valence-corrected chi connectivity index (χ4v) is 2.05. The minimum Gasteiger partial charge on any atom is -0.378 e. The SMILES string of the molecule is Cc1ccc(CNC2CCOC(C)C2)cn1. The van der Waals surface area contributed by atoms with Crippen LogP contribution in [-0.4, -0.2) is 23.7 Å². The lowest BCUT2D eigenvalue weighted by atomic mass is 10.0. The Morgan fingerprint density at radius 3 is 3.06 bits per heavy atom. The van der Waals surface area contributed by atoms with Gasteiger partial charge in [0.1, 0.15) is 0 Å². The van der Waals surface area contributed by atoms with E-state index in [1.165, 1.54) is 5.56 Å². The van der Waals surface area contributed by atoms with Crippen LogP contribution in [0.3, 0.4) is 0 Å². The zero-order valence-electron chi connectivity index (χ0n) is 10.1. The average molecular weight is 220 g/mol. The van der Waals surface area contributed by atoms with Crippen molar-refractivity contribution >= 4 is 0 Å². The molecular weight excluding hydrogens is 200 g/mol. The summed E-state index contributed by atoms with van der Waals surface area (Å²) in [6.07, 6.45) is 4.57. The lowest BCUT2D eigenvalue weighted by molar-refractivity contribution is 0.0130. The molecule has 0 spiro atoms. The minimum atomic E-state index is 0.391. The molecular formula is C13H20N2O. The molecule has 2 rings (SSSR count). The zero-order chi connectivity index (χ0) is 11.4. The molecule has 0 aliphatic carbocycles. The van der Waals surface area contributed by atoms with Crippen molar-refractivity contribution in [3.63, 3.8) is 0 Å². The maximum absolute atomic E-state index is 5.52. The van der Waals surface area contributed by atoms with Crippen LogP contribution in [0.4, 0.5) is 0 Å². The standard InChI is InChI=1S/C13H20N2O/c1-10-3-4-12(8-14-10)9-15-13-5-6-16-11(2)7-13/h3-4,8,11,13,15H,5-7,9H2,1-2H3. The van der Waals surface area contributed by atoms with Crippen LogP contribution in [0, 0.1) is 6.92 Å². The van der Waals surface area contributed by atoms with Gasteiger partial charge in [0.2, 0.25) is 0 Å². The van der Waals surface area contributed by atoms with Gasteiger partial charge in [-0.25, -0.2) is 0 Å². The summed E-state index contributed by atoms with van der Waals surface area (Å²) >= 11 is 0. The molecule has 0 bridgehead atoms. The second-order valence-corrected chi connectivity index (χ2v) is 4.59. The van der Waals surface area contributed by atoms with Gasteiger partial charge in [0.15, 0.2) is 0 Å². The van der Waals surface area contributed by atoms with Crippen LogP contribution in [-0.2, 0) is 11.3 Å². The molecule has 16 heavy (non-hydrogen) atoms. The van der Waals surface area contributed by atoms with Crippen LogP contribution >= 0.6 is 0 Å². The number of nitrogens with zero attached hydrogens (tertiary/aromatic N) is 1. The third kappa shape index (κ3) is 3.29. The van der Waals surface area contributed by atoms with E-state index in [-0.39, 0.29) is 0 Å². The van der Waals surface area contributed by atoms with Crippen molar-refractivity contribution in [2.45, 2.75) is 45.4 Å². The summed E-state index contributed by atoms with van der Waals surface area (Å²) < 4.78 is 5.52. The normalized spacial score (nSPS) is 25.6. The van der Waals surface area contributed by atoms with Gasteiger partial charge in [-0.15, -0.1) is 0 Å². The molecule has 1 aromatic rings. The van der Waals surface area contributed by atoms with Gasteiger partial charge in [0.05, 0.1) is 6.10 Å². The summed E-state index contributed by atoms with van der Waals surface area (Å²) in [5.74, 6) is 0. The number of nitrogens with one attached hydrogen (secondary N) is 1. The van der Waals surface area contributed by atoms with Gasteiger partial charge in [-0.1, -0.05) is 6.07 Å². The third-order valence-electron chi connectivity index (χ3n) is 3.05. The van der Waals surface area contributed by atoms with Crippen molar-refractivity contribution in [3.8, 4) is 0 Å². The number of aryl methyl sites for hydroxylation is 1. The first kappa shape index (κ1) is 11.6. The molecule has 2 unspecified atom stereocenters. The molecule has 3 heteroatoms. The van der Waals surface area contributed by atoms with Gasteiger partial charge in [0, 0.05) is 31.1 Å². The van der Waals surface area contributed by atoms with Crippen molar-refractivity contribution in [1.29, 1.82) is 0 Å². The van der Waals surface area contributed by atoms with E-state index in [1.807, 2.05) is 13.1 Å². The minimum absolute atomic E-state index is 0.391. The zero-order valence-corrected chi connectivity index (χ0v) is 10.1. The first-order valence-corrected chi connectivity index (χ1v) is 6.00. The van der Waals surface area contributed by atoms with E-state index in [9.17, 15) is 0 Å². The van der Waals surface area contributed by atoms with Crippen LogP contribution in [0.1, 0.15) is 31.0 Å². The van der Waals surface area contributed by atoms with Crippen LogP contribution in [0.5, 0.6) is 0 Å². The Kier molecular flexibility index (Phi) is 3.91. The Morgan fingerprint density at radius 2 is 2.38 bits per heavy atom. The summed E-state index contributed by atoms with van der Waals surface area (Å²) in [6.45, 7) is 5.94. The van der Waals surface area contributed by atoms with Crippen molar-refractivity contribution in [3.05, 3.63) is 29.6 Å². The molecule has 88 valence electrons. The van der Waals surface area contributed by atoms with E-state index in [2.05, 4.69) is 29.4 Å². The van der Waals surface area contributed by atoms with Crippen LogP contribution in [0.15, 0.2) is 18.3 Å². The fraction of sp³-hybridized carbons (Fsp3) is 0.615. The van der Waals surface area contributed by atoms with E-state index in [1.54, 1.807) is 0 Å². The van der Waals surface area contributed by atoms with Crippen LogP contribution in [0.25, 0.3) is 0 Å². The van der Waals surface area contributed by atoms with Gasteiger partial charge < -0.3 is 10.1 Å². The maximum Gasteiger partial charge on any atom is 0.0561 e. The second kappa shape index (κ2) is 5.41. The van der Waals surface area contributed by atoms with Crippen molar-refractivity contribution < 1.29 is 4.74 Å². The highest BCUT2D eigenvalue weighted by Gasteiger charge is 2.18. The van der Waals surface area contributed by atoms with E-state index in [0.717, 1.165) is 31.7 Å². The Bertz CT molecular complexity index is 323. The Balaban J connectivity index is 1.80. The van der Waals surface area contributed by atoms with E-state index in [4.69, 9.17) is 4.74 Å². The molecule has 1 aliphatic rings. The fourth-order valence-electron chi connectivity index (χ4n) is 2.05. The van der Waals surface area contributed by atoms with Gasteiger partial charge in [-0.3, -0.25) is 4.98 Å². The Morgan fingerprint density at radius 1 is 1.50 bits per heavy atom. The largest absolute Gasteiger partial charge is 0.378 e. The summed E-state index contributed by atoms with van der Waals surface area (Å²) in [7, 11) is 0. The topological polar surface area (TPSA) is 34.1 Å². The Labute approximate surface area is 97.2 Å². The molecule has 1 aliphatic heterocycles. The molecule has 0 radical (unpaired) electrons. The monoisotopic (exact) mass is 220 g/mol. The smallest absolute Gasteiger partial charge is 0.0561 e. The summed E-state index contributed by atoms with van der Waals surface area (Å²) in [6, 6.07) is 4.78. The van der Waals surface area contributed by atoms with Crippen molar-refractivity contribution in [2.75, 3.05) is 6.61 Å². The number of pyridine rings is 1. The number of hydrogen-bond acceptors (Lipinski definition) is 3. The number of ether oxygens (including phenoxy) is 1. The highest BCUT2D eigenvalue weighted by Crippen LogP contribution is 2.13. The number of rotatable bonds is 3. The molecule has 3 nitrogen and oxygen atoms in total. The summed E-state index contributed by atoms with van der Waals surface area (Å²) in [4.78, 5) is 4.29. The lowest BCUT2D eigenvalue weighted by Gasteiger charge is -2.28. The summed E-state index contributed by atoms with van der Waals surface area (Å²) in [5.41, 5.74) is 2.33. The van der Waals surface area contributed by atoms with E-state index in [0.29, 0.717) is 12.1 Å². The predicted molar refractivity (Wildman–Crippen MR) is 64.2 cm³/mol. The maximum atomic E-state index is 5.52. The molecule has 2 heterocycles. The van der Waals surface area contributed by atoms with Gasteiger partial charge in [-0.2, -0.15) is 0 Å². The van der Waals surface area contributed by atoms with E-state index < -0.39 is 0 Å². The first-order chi connectivity index (χ1) is 7.74. The molecule has 2 atom stereocenters. The first-order valence-electron chi connectivity index (χ1n) is 6.00. The second-order valence-electron chi connectivity index (χ2n) is 4.59. The predicted octanol–water partition coefficient (Wildman–Crippen LogP) is 2.05. The van der Waals surface area contributed by atoms with E-state index >= 15 is 0 Å². The average Bonchev–Trinajstić information content (AvgIpc) is 2.28. The highest BCUT2D eigenvalue weighted by atomic mass is 16.5. The third-order valence-corrected chi connectivity index (χ3v) is 3.05. The number of aromatic nitrogens is 1. The summed E-state index contributed by atoms with van der Waals surface area (Å²) in [5, 5.41) is 3.57. The van der Waals surface area contributed by atoms with Crippen molar-refractivity contribution in [1.82, 2.24) is 10.3 Å². The Hall–Kier alpha value is -0.930. The molecule has 1 N–H and O–H groups in total. The molecule has 1 fully saturated rings. The number of hydrogen-bond donors (Lipinski definition) is 1. The van der Waals surface area contributed by atoms with Crippen LogP contribution in [0.2, 0.25) is 0 Å². The highest BCUT2D eigenvalue weighted by molar-refractivity contribution is 5.12. The lowest BCUT2D eigenvalue weighted by Crippen LogP contribution is -2.37. The quantitative estimate of drug-likeness (QED) is 0.846. The van der Waals surface area contributed by atoms with Gasteiger partial charge in [0.25, 0.3) is 0 Å². The van der Waals surface area contributed by atoms with Gasteiger partial charge >= 0.3 is 0 Å². The van der Waals surface area contributed by atoms with Crippen molar-refractivity contribution in [2.24, 2.45) is 0 Å². The molecule has 0 aromatic carbocycles. The van der Waals surface area contributed by atoms with Crippen LogP contribution < -0.4 is 5.32 Å². The molecule has 1 aromatic heterocycles.